The lowest BCUT2D eigenvalue weighted by molar-refractivity contribution is -0.118. The van der Waals surface area contributed by atoms with Crippen LogP contribution in [0.25, 0.3) is 5.69 Å². The van der Waals surface area contributed by atoms with Gasteiger partial charge < -0.3 is 10.6 Å². The number of hydrogen-bond acceptors (Lipinski definition) is 5. The highest BCUT2D eigenvalue weighted by Gasteiger charge is 2.20. The van der Waals surface area contributed by atoms with Gasteiger partial charge in [0, 0.05) is 5.69 Å². The second-order valence-electron chi connectivity index (χ2n) is 4.80. The van der Waals surface area contributed by atoms with Gasteiger partial charge in [0.25, 0.3) is 0 Å². The summed E-state index contributed by atoms with van der Waals surface area (Å²) in [6.45, 7) is 0.906. The number of carbonyl (C=O) groups excluding carboxylic acids is 1. The number of piperidine rings is 1. The Morgan fingerprint density at radius 2 is 2.35 bits per heavy atom. The zero-order valence-corrected chi connectivity index (χ0v) is 11.0. The zero-order chi connectivity index (χ0) is 13.8. The van der Waals surface area contributed by atoms with Crippen LogP contribution >= 0.6 is 0 Å². The van der Waals surface area contributed by atoms with Crippen LogP contribution in [0.4, 0.5) is 5.69 Å². The molecule has 0 aliphatic carbocycles. The molecule has 20 heavy (non-hydrogen) atoms. The van der Waals surface area contributed by atoms with E-state index in [0.717, 1.165) is 37.2 Å². The summed E-state index contributed by atoms with van der Waals surface area (Å²) in [6, 6.07) is 7.35. The average Bonchev–Trinajstić information content (AvgIpc) is 3.03. The second kappa shape index (κ2) is 5.79. The SMILES string of the molecule is O=C(Nc1cccc(-n2cnnn2)c1)[C@H]1CCCCN1. The monoisotopic (exact) mass is 272 g/mol. The number of amides is 1. The van der Waals surface area contributed by atoms with Crippen LogP contribution in [0.3, 0.4) is 0 Å². The minimum absolute atomic E-state index is 0.0126. The van der Waals surface area contributed by atoms with Crippen molar-refractivity contribution in [3.63, 3.8) is 0 Å². The minimum atomic E-state index is -0.0968. The summed E-state index contributed by atoms with van der Waals surface area (Å²) in [6.07, 6.45) is 4.64. The van der Waals surface area contributed by atoms with Crippen molar-refractivity contribution in [3.05, 3.63) is 30.6 Å². The maximum Gasteiger partial charge on any atom is 0.241 e. The fourth-order valence-electron chi connectivity index (χ4n) is 2.31. The second-order valence-corrected chi connectivity index (χ2v) is 4.80. The van der Waals surface area contributed by atoms with Crippen molar-refractivity contribution in [2.45, 2.75) is 25.3 Å². The van der Waals surface area contributed by atoms with E-state index >= 15 is 0 Å². The molecule has 2 N–H and O–H groups in total. The molecule has 2 aromatic rings. The lowest BCUT2D eigenvalue weighted by Crippen LogP contribution is -2.43. The van der Waals surface area contributed by atoms with Crippen LogP contribution in [0, 0.1) is 0 Å². The Morgan fingerprint density at radius 3 is 3.10 bits per heavy atom. The Morgan fingerprint density at radius 1 is 1.40 bits per heavy atom. The first-order chi connectivity index (χ1) is 9.83. The predicted molar refractivity (Wildman–Crippen MR) is 73.4 cm³/mol. The van der Waals surface area contributed by atoms with Gasteiger partial charge in [-0.2, -0.15) is 0 Å². The first-order valence-electron chi connectivity index (χ1n) is 6.70. The standard InChI is InChI=1S/C13H16N6O/c20-13(12-6-1-2-7-14-12)16-10-4-3-5-11(8-10)19-9-15-17-18-19/h3-5,8-9,12,14H,1-2,6-7H2,(H,16,20)/t12-/m1/s1. The van der Waals surface area contributed by atoms with Crippen LogP contribution in [0.15, 0.2) is 30.6 Å². The quantitative estimate of drug-likeness (QED) is 0.861. The third-order valence-corrected chi connectivity index (χ3v) is 3.35. The molecule has 1 aliphatic rings. The Kier molecular flexibility index (Phi) is 3.69. The molecule has 1 aromatic heterocycles. The third kappa shape index (κ3) is 2.83. The fraction of sp³-hybridized carbons (Fsp3) is 0.385. The molecule has 0 spiro atoms. The number of hydrogen-bond donors (Lipinski definition) is 2. The molecule has 7 nitrogen and oxygen atoms in total. The van der Waals surface area contributed by atoms with E-state index in [4.69, 9.17) is 0 Å². The Hall–Kier alpha value is -2.28. The van der Waals surface area contributed by atoms with Crippen molar-refractivity contribution in [2.24, 2.45) is 0 Å². The van der Waals surface area contributed by atoms with E-state index < -0.39 is 0 Å². The highest BCUT2D eigenvalue weighted by atomic mass is 16.2. The molecule has 1 atom stereocenters. The summed E-state index contributed by atoms with van der Waals surface area (Å²) >= 11 is 0. The minimum Gasteiger partial charge on any atom is -0.325 e. The van der Waals surface area contributed by atoms with Gasteiger partial charge in [0.1, 0.15) is 6.33 Å². The number of anilines is 1. The van der Waals surface area contributed by atoms with E-state index in [1.807, 2.05) is 24.3 Å². The summed E-state index contributed by atoms with van der Waals surface area (Å²) in [5.74, 6) is 0.0126. The molecule has 1 fully saturated rings. The number of nitrogens with zero attached hydrogens (tertiary/aromatic N) is 4. The van der Waals surface area contributed by atoms with Gasteiger partial charge in [-0.3, -0.25) is 4.79 Å². The fourth-order valence-corrected chi connectivity index (χ4v) is 2.31. The maximum atomic E-state index is 12.1. The molecule has 0 saturated carbocycles. The van der Waals surface area contributed by atoms with E-state index in [1.54, 1.807) is 4.68 Å². The summed E-state index contributed by atoms with van der Waals surface area (Å²) in [4.78, 5) is 12.1. The van der Waals surface area contributed by atoms with Crippen molar-refractivity contribution >= 4 is 11.6 Å². The van der Waals surface area contributed by atoms with Crippen molar-refractivity contribution < 1.29 is 4.79 Å². The summed E-state index contributed by atoms with van der Waals surface area (Å²) in [5, 5.41) is 17.2. The molecule has 2 heterocycles. The van der Waals surface area contributed by atoms with Gasteiger partial charge in [-0.25, -0.2) is 4.68 Å². The van der Waals surface area contributed by atoms with Gasteiger partial charge in [0.05, 0.1) is 11.7 Å². The summed E-state index contributed by atoms with van der Waals surface area (Å²) in [5.41, 5.74) is 1.56. The van der Waals surface area contributed by atoms with E-state index in [2.05, 4.69) is 26.2 Å². The summed E-state index contributed by atoms with van der Waals surface area (Å²) < 4.78 is 1.55. The van der Waals surface area contributed by atoms with Crippen molar-refractivity contribution in [3.8, 4) is 5.69 Å². The largest absolute Gasteiger partial charge is 0.325 e. The Bertz CT molecular complexity index is 576. The molecular formula is C13H16N6O. The van der Waals surface area contributed by atoms with E-state index in [1.165, 1.54) is 6.33 Å². The normalized spacial score (nSPS) is 18.7. The van der Waals surface area contributed by atoms with Crippen LogP contribution in [-0.2, 0) is 4.79 Å². The van der Waals surface area contributed by atoms with E-state index in [-0.39, 0.29) is 11.9 Å². The van der Waals surface area contributed by atoms with Crippen LogP contribution in [0.1, 0.15) is 19.3 Å². The molecule has 7 heteroatoms. The van der Waals surface area contributed by atoms with Gasteiger partial charge in [0.2, 0.25) is 5.91 Å². The molecule has 1 aromatic carbocycles. The van der Waals surface area contributed by atoms with Crippen LogP contribution in [-0.4, -0.2) is 38.7 Å². The average molecular weight is 272 g/mol. The highest BCUT2D eigenvalue weighted by molar-refractivity contribution is 5.95. The number of carbonyl (C=O) groups is 1. The molecule has 1 amide bonds. The first-order valence-corrected chi connectivity index (χ1v) is 6.70. The zero-order valence-electron chi connectivity index (χ0n) is 11.0. The molecule has 1 aliphatic heterocycles. The topological polar surface area (TPSA) is 84.7 Å². The Labute approximate surface area is 116 Å². The molecule has 0 bridgehead atoms. The van der Waals surface area contributed by atoms with E-state index in [9.17, 15) is 4.79 Å². The molecule has 0 unspecified atom stereocenters. The number of rotatable bonds is 3. The van der Waals surface area contributed by atoms with Crippen LogP contribution in [0.2, 0.25) is 0 Å². The molecule has 3 rings (SSSR count). The Balaban J connectivity index is 1.71. The van der Waals surface area contributed by atoms with Crippen LogP contribution < -0.4 is 10.6 Å². The van der Waals surface area contributed by atoms with Crippen LogP contribution in [0.5, 0.6) is 0 Å². The third-order valence-electron chi connectivity index (χ3n) is 3.35. The first kappa shape index (κ1) is 12.7. The van der Waals surface area contributed by atoms with Gasteiger partial charge in [-0.15, -0.1) is 5.10 Å². The van der Waals surface area contributed by atoms with Gasteiger partial charge in [-0.1, -0.05) is 12.5 Å². The van der Waals surface area contributed by atoms with E-state index in [0.29, 0.717) is 0 Å². The lowest BCUT2D eigenvalue weighted by atomic mass is 10.0. The lowest BCUT2D eigenvalue weighted by Gasteiger charge is -2.22. The molecule has 0 radical (unpaired) electrons. The molecule has 104 valence electrons. The number of nitrogens with one attached hydrogen (secondary N) is 2. The maximum absolute atomic E-state index is 12.1. The molecule has 1 saturated heterocycles. The van der Waals surface area contributed by atoms with Gasteiger partial charge in [0.15, 0.2) is 0 Å². The van der Waals surface area contributed by atoms with Crippen molar-refractivity contribution in [2.75, 3.05) is 11.9 Å². The highest BCUT2D eigenvalue weighted by Crippen LogP contribution is 2.15. The van der Waals surface area contributed by atoms with Gasteiger partial charge >= 0.3 is 0 Å². The van der Waals surface area contributed by atoms with Crippen molar-refractivity contribution in [1.82, 2.24) is 25.5 Å². The number of tetrazole rings is 1. The predicted octanol–water partition coefficient (Wildman–Crippen LogP) is 0.743. The van der Waals surface area contributed by atoms with Gasteiger partial charge in [-0.05, 0) is 48.0 Å². The van der Waals surface area contributed by atoms with Crippen molar-refractivity contribution in [1.29, 1.82) is 0 Å². The number of benzene rings is 1. The number of aromatic nitrogens is 4. The summed E-state index contributed by atoms with van der Waals surface area (Å²) in [7, 11) is 0. The molecular weight excluding hydrogens is 256 g/mol. The smallest absolute Gasteiger partial charge is 0.241 e.